The van der Waals surface area contributed by atoms with Crippen LogP contribution in [0.1, 0.15) is 56.6 Å². The Hall–Kier alpha value is -3.11. The third-order valence-electron chi connectivity index (χ3n) is 8.95. The number of amides is 2. The van der Waals surface area contributed by atoms with E-state index in [1.807, 2.05) is 23.1 Å². The Morgan fingerprint density at radius 2 is 2.02 bits per heavy atom. The smallest absolute Gasteiger partial charge is 0.321 e. The lowest BCUT2D eigenvalue weighted by Gasteiger charge is -2.37. The van der Waals surface area contributed by atoms with Gasteiger partial charge in [-0.05, 0) is 92.8 Å². The van der Waals surface area contributed by atoms with Crippen LogP contribution in [0.4, 0.5) is 19.3 Å². The summed E-state index contributed by atoms with van der Waals surface area (Å²) in [6.07, 6.45) is 4.97. The van der Waals surface area contributed by atoms with Crippen molar-refractivity contribution in [1.29, 1.82) is 5.26 Å². The summed E-state index contributed by atoms with van der Waals surface area (Å²) in [7, 11) is -3.52. The molecule has 2 amide bonds. The molecule has 12 heteroatoms. The first-order chi connectivity index (χ1) is 20.1. The maximum absolute atomic E-state index is 13.8. The van der Waals surface area contributed by atoms with Gasteiger partial charge in [-0.3, -0.25) is 0 Å². The van der Waals surface area contributed by atoms with Gasteiger partial charge in [0.1, 0.15) is 0 Å². The Morgan fingerprint density at radius 3 is 2.76 bits per heavy atom. The highest BCUT2D eigenvalue weighted by atomic mass is 32.2. The van der Waals surface area contributed by atoms with Crippen LogP contribution in [0.25, 0.3) is 0 Å². The third kappa shape index (κ3) is 6.92. The molecule has 2 aliphatic carbocycles. The van der Waals surface area contributed by atoms with E-state index >= 15 is 0 Å². The summed E-state index contributed by atoms with van der Waals surface area (Å²) in [4.78, 5) is 17.5. The Balaban J connectivity index is 1.22. The lowest BCUT2D eigenvalue weighted by Crippen LogP contribution is -2.46. The van der Waals surface area contributed by atoms with Gasteiger partial charge in [0, 0.05) is 43.5 Å². The molecular formula is C30H38F2N6O3S. The van der Waals surface area contributed by atoms with Gasteiger partial charge in [-0.1, -0.05) is 19.1 Å². The Bertz CT molecular complexity index is 1450. The van der Waals surface area contributed by atoms with Gasteiger partial charge in [0.15, 0.2) is 11.6 Å². The molecule has 0 spiro atoms. The van der Waals surface area contributed by atoms with Gasteiger partial charge in [0.2, 0.25) is 0 Å². The maximum atomic E-state index is 13.8. The quantitative estimate of drug-likeness (QED) is 0.359. The zero-order valence-electron chi connectivity index (χ0n) is 23.8. The van der Waals surface area contributed by atoms with Crippen LogP contribution in [-0.2, 0) is 15.6 Å². The van der Waals surface area contributed by atoms with Crippen molar-refractivity contribution in [1.82, 2.24) is 19.2 Å². The van der Waals surface area contributed by atoms with E-state index in [1.54, 1.807) is 6.92 Å². The van der Waals surface area contributed by atoms with Crippen molar-refractivity contribution in [3.8, 4) is 6.07 Å². The lowest BCUT2D eigenvalue weighted by atomic mass is 9.80. The maximum Gasteiger partial charge on any atom is 0.322 e. The van der Waals surface area contributed by atoms with Crippen LogP contribution in [0.5, 0.6) is 0 Å². The highest BCUT2D eigenvalue weighted by molar-refractivity contribution is 7.87. The van der Waals surface area contributed by atoms with E-state index in [0.29, 0.717) is 50.5 Å². The fourth-order valence-corrected chi connectivity index (χ4v) is 7.91. The third-order valence-corrected chi connectivity index (χ3v) is 10.3. The number of halogens is 2. The van der Waals surface area contributed by atoms with Crippen LogP contribution in [0.3, 0.4) is 0 Å². The highest BCUT2D eigenvalue weighted by Crippen LogP contribution is 2.62. The van der Waals surface area contributed by atoms with Crippen LogP contribution in [0.2, 0.25) is 0 Å². The molecule has 2 aromatic rings. The molecule has 3 fully saturated rings. The van der Waals surface area contributed by atoms with Crippen molar-refractivity contribution in [2.24, 2.45) is 5.92 Å². The number of benzene rings is 2. The average molecular weight is 601 g/mol. The van der Waals surface area contributed by atoms with E-state index in [9.17, 15) is 27.3 Å². The van der Waals surface area contributed by atoms with E-state index in [4.69, 9.17) is 0 Å². The van der Waals surface area contributed by atoms with E-state index in [1.165, 1.54) is 11.6 Å². The Kier molecular flexibility index (Phi) is 9.13. The van der Waals surface area contributed by atoms with Crippen LogP contribution < -0.4 is 14.8 Å². The zero-order chi connectivity index (χ0) is 29.9. The molecule has 2 unspecified atom stereocenters. The molecule has 5 rings (SSSR count). The predicted molar refractivity (Wildman–Crippen MR) is 156 cm³/mol. The molecule has 1 saturated heterocycles. The summed E-state index contributed by atoms with van der Waals surface area (Å²) in [5, 5.41) is 12.1. The van der Waals surface area contributed by atoms with Crippen LogP contribution in [-0.4, -0.2) is 69.1 Å². The summed E-state index contributed by atoms with van der Waals surface area (Å²) in [5.74, 6) is -1.58. The summed E-state index contributed by atoms with van der Waals surface area (Å²) < 4.78 is 56.6. The standard InChI is InChI=1S/C30H38F2N6O3S/c1-2-34-42(40,41)36-25-10-14-37(20-25)12-4-13-38(29(39)35-24-7-8-27(31)28(32)17-24)26-9-11-30(18-23(30)16-26)22-6-3-5-21(15-22)19-33/h3,5-8,15,17,23,25-26,34,36H,2,4,9-14,16,18,20H2,1H3,(H,35,39)/t23?,25?,26-,30+/m1/s1. The molecular weight excluding hydrogens is 562 g/mol. The number of fused-ring (bicyclic) bond motifs is 1. The predicted octanol–water partition coefficient (Wildman–Crippen LogP) is 4.09. The summed E-state index contributed by atoms with van der Waals surface area (Å²) in [6.45, 7) is 4.60. The fourth-order valence-electron chi connectivity index (χ4n) is 6.81. The molecule has 2 aromatic carbocycles. The lowest BCUT2D eigenvalue weighted by molar-refractivity contribution is 0.155. The van der Waals surface area contributed by atoms with E-state index in [2.05, 4.69) is 31.8 Å². The minimum atomic E-state index is -3.52. The average Bonchev–Trinajstić information content (AvgIpc) is 3.55. The molecule has 0 bridgehead atoms. The minimum absolute atomic E-state index is 0.00618. The van der Waals surface area contributed by atoms with Gasteiger partial charge in [0.25, 0.3) is 10.2 Å². The number of urea groups is 1. The second kappa shape index (κ2) is 12.6. The monoisotopic (exact) mass is 600 g/mol. The largest absolute Gasteiger partial charge is 0.322 e. The SMILES string of the molecule is CCNS(=O)(=O)NC1CCN(CCCN(C(=O)Nc2ccc(F)c(F)c2)[C@@H]2CC[C@@]3(c4cccc(C#N)c4)CC3C2)C1. The first-order valence-electron chi connectivity index (χ1n) is 14.6. The van der Waals surface area contributed by atoms with Gasteiger partial charge < -0.3 is 15.1 Å². The van der Waals surface area contributed by atoms with Gasteiger partial charge in [0.05, 0.1) is 11.6 Å². The first kappa shape index (κ1) is 30.4. The number of nitrogens with one attached hydrogen (secondary N) is 3. The summed E-state index contributed by atoms with van der Waals surface area (Å²) >= 11 is 0. The Labute approximate surface area is 246 Å². The molecule has 0 aromatic heterocycles. The Morgan fingerprint density at radius 1 is 1.19 bits per heavy atom. The molecule has 3 N–H and O–H groups in total. The fraction of sp³-hybridized carbons (Fsp3) is 0.533. The van der Waals surface area contributed by atoms with Crippen LogP contribution >= 0.6 is 0 Å². The van der Waals surface area contributed by atoms with Gasteiger partial charge in [-0.15, -0.1) is 0 Å². The van der Waals surface area contributed by atoms with Crippen molar-refractivity contribution in [3.63, 3.8) is 0 Å². The van der Waals surface area contributed by atoms with E-state index in [0.717, 1.165) is 44.4 Å². The topological polar surface area (TPSA) is 118 Å². The molecule has 2 saturated carbocycles. The van der Waals surface area contributed by atoms with E-state index in [-0.39, 0.29) is 29.2 Å². The van der Waals surface area contributed by atoms with Crippen LogP contribution in [0.15, 0.2) is 42.5 Å². The molecule has 1 heterocycles. The molecule has 226 valence electrons. The van der Waals surface area contributed by atoms with Gasteiger partial charge in [-0.25, -0.2) is 18.3 Å². The minimum Gasteiger partial charge on any atom is -0.321 e. The van der Waals surface area contributed by atoms with E-state index < -0.39 is 21.8 Å². The number of carbonyl (C=O) groups is 1. The zero-order valence-corrected chi connectivity index (χ0v) is 24.6. The molecule has 3 aliphatic rings. The number of hydrogen-bond donors (Lipinski definition) is 3. The molecule has 42 heavy (non-hydrogen) atoms. The number of carbonyl (C=O) groups excluding carboxylic acids is 1. The normalized spacial score (nSPS) is 25.4. The van der Waals surface area contributed by atoms with Crippen molar-refractivity contribution in [3.05, 3.63) is 65.2 Å². The number of rotatable bonds is 11. The number of anilines is 1. The van der Waals surface area contributed by atoms with Crippen molar-refractivity contribution < 1.29 is 22.0 Å². The second-order valence-electron chi connectivity index (χ2n) is 11.7. The summed E-state index contributed by atoms with van der Waals surface area (Å²) in [5.41, 5.74) is 2.09. The number of nitrogens with zero attached hydrogens (tertiary/aromatic N) is 3. The number of nitriles is 1. The van der Waals surface area contributed by atoms with Crippen LogP contribution in [0, 0.1) is 28.9 Å². The first-order valence-corrected chi connectivity index (χ1v) is 16.1. The summed E-state index contributed by atoms with van der Waals surface area (Å²) in [6, 6.07) is 12.9. The molecule has 9 nitrogen and oxygen atoms in total. The van der Waals surface area contributed by atoms with Gasteiger partial charge in [-0.2, -0.15) is 18.4 Å². The highest BCUT2D eigenvalue weighted by Gasteiger charge is 2.58. The number of hydrogen-bond acceptors (Lipinski definition) is 5. The van der Waals surface area contributed by atoms with Crippen molar-refractivity contribution in [2.75, 3.05) is 38.0 Å². The van der Waals surface area contributed by atoms with Gasteiger partial charge >= 0.3 is 6.03 Å². The second-order valence-corrected chi connectivity index (χ2v) is 13.2. The van der Waals surface area contributed by atoms with Crippen molar-refractivity contribution in [2.45, 2.75) is 62.9 Å². The molecule has 4 atom stereocenters. The molecule has 1 aliphatic heterocycles. The van der Waals surface area contributed by atoms with Crippen molar-refractivity contribution >= 4 is 21.9 Å². The molecule has 0 radical (unpaired) electrons. The number of likely N-dealkylation sites (tertiary alicyclic amines) is 1.